The number of nitrogens with one attached hydrogen (secondary N) is 1. The van der Waals surface area contributed by atoms with Crippen molar-refractivity contribution in [3.8, 4) is 0 Å². The van der Waals surface area contributed by atoms with Crippen LogP contribution < -0.4 is 0 Å². The van der Waals surface area contributed by atoms with Crippen LogP contribution >= 0.6 is 11.8 Å². The van der Waals surface area contributed by atoms with E-state index in [9.17, 15) is 4.79 Å². The highest BCUT2D eigenvalue weighted by molar-refractivity contribution is 7.98. The highest BCUT2D eigenvalue weighted by Gasteiger charge is 2.26. The molecule has 0 saturated carbocycles. The summed E-state index contributed by atoms with van der Waals surface area (Å²) in [5.74, 6) is 2.22. The van der Waals surface area contributed by atoms with Gasteiger partial charge in [0.05, 0.1) is 6.54 Å². The van der Waals surface area contributed by atoms with Crippen LogP contribution in [0.4, 0.5) is 0 Å². The Bertz CT molecular complexity index is 641. The van der Waals surface area contributed by atoms with Crippen LogP contribution in [0.2, 0.25) is 0 Å². The summed E-state index contributed by atoms with van der Waals surface area (Å²) in [6, 6.07) is 8.08. The van der Waals surface area contributed by atoms with Crippen LogP contribution in [0, 0.1) is 11.3 Å². The lowest BCUT2D eigenvalue weighted by Gasteiger charge is -2.28. The van der Waals surface area contributed by atoms with E-state index in [0.29, 0.717) is 13.1 Å². The molecule has 134 valence electrons. The quantitative estimate of drug-likeness (QED) is 0.796. The van der Waals surface area contributed by atoms with Gasteiger partial charge in [0.1, 0.15) is 0 Å². The molecular formula is C20H27N3OS. The van der Waals surface area contributed by atoms with Gasteiger partial charge in [-0.15, -0.1) is 0 Å². The van der Waals surface area contributed by atoms with E-state index in [4.69, 9.17) is 5.41 Å². The van der Waals surface area contributed by atoms with E-state index in [1.165, 1.54) is 29.5 Å². The van der Waals surface area contributed by atoms with E-state index in [0.717, 1.165) is 37.5 Å². The molecule has 2 aliphatic rings. The van der Waals surface area contributed by atoms with Crippen molar-refractivity contribution in [1.29, 1.82) is 5.41 Å². The lowest BCUT2D eigenvalue weighted by Crippen LogP contribution is -2.41. The summed E-state index contributed by atoms with van der Waals surface area (Å²) in [4.78, 5) is 16.9. The molecule has 1 fully saturated rings. The molecule has 1 aromatic carbocycles. The molecule has 1 N–H and O–H groups in total. The zero-order chi connectivity index (χ0) is 17.6. The van der Waals surface area contributed by atoms with Crippen LogP contribution in [0.1, 0.15) is 24.0 Å². The Morgan fingerprint density at radius 1 is 1.32 bits per heavy atom. The van der Waals surface area contributed by atoms with Crippen molar-refractivity contribution in [2.45, 2.75) is 12.8 Å². The first-order chi connectivity index (χ1) is 12.2. The maximum Gasteiger partial charge on any atom is 0.237 e. The summed E-state index contributed by atoms with van der Waals surface area (Å²) in [6.07, 6.45) is 7.84. The van der Waals surface area contributed by atoms with E-state index in [1.54, 1.807) is 0 Å². The van der Waals surface area contributed by atoms with Gasteiger partial charge in [-0.3, -0.25) is 9.69 Å². The smallest absolute Gasteiger partial charge is 0.237 e. The Hall–Kier alpha value is -1.59. The maximum atomic E-state index is 12.6. The molecule has 2 heterocycles. The number of hydrogen-bond acceptors (Lipinski definition) is 4. The third-order valence-corrected chi connectivity index (χ3v) is 5.95. The van der Waals surface area contributed by atoms with Crippen LogP contribution in [0.25, 0.3) is 5.57 Å². The molecule has 0 spiro atoms. The van der Waals surface area contributed by atoms with Crippen LogP contribution in [-0.4, -0.2) is 66.7 Å². The fourth-order valence-corrected chi connectivity index (χ4v) is 4.41. The first kappa shape index (κ1) is 18.2. The van der Waals surface area contributed by atoms with Crippen molar-refractivity contribution in [1.82, 2.24) is 9.80 Å². The summed E-state index contributed by atoms with van der Waals surface area (Å²) in [7, 11) is 0. The molecule has 0 radical (unpaired) electrons. The van der Waals surface area contributed by atoms with Gasteiger partial charge in [-0.2, -0.15) is 11.8 Å². The Labute approximate surface area is 154 Å². The highest BCUT2D eigenvalue weighted by atomic mass is 32.2. The molecule has 5 heteroatoms. The monoisotopic (exact) mass is 357 g/mol. The van der Waals surface area contributed by atoms with E-state index >= 15 is 0 Å². The van der Waals surface area contributed by atoms with Gasteiger partial charge in [-0.05, 0) is 54.0 Å². The first-order valence-electron chi connectivity index (χ1n) is 8.98. The predicted molar refractivity (Wildman–Crippen MR) is 106 cm³/mol. The summed E-state index contributed by atoms with van der Waals surface area (Å²) in [5.41, 5.74) is 3.43. The molecule has 1 saturated heterocycles. The van der Waals surface area contributed by atoms with Crippen molar-refractivity contribution >= 4 is 29.5 Å². The lowest BCUT2D eigenvalue weighted by molar-refractivity contribution is -0.131. The first-order valence-corrected chi connectivity index (χ1v) is 10.4. The van der Waals surface area contributed by atoms with Gasteiger partial charge < -0.3 is 10.3 Å². The van der Waals surface area contributed by atoms with Crippen LogP contribution in [0.3, 0.4) is 0 Å². The number of benzene rings is 1. The second kappa shape index (κ2) is 8.68. The minimum Gasteiger partial charge on any atom is -0.338 e. The molecule has 0 aliphatic carbocycles. The summed E-state index contributed by atoms with van der Waals surface area (Å²) in [6.45, 7) is 4.22. The molecule has 2 aliphatic heterocycles. The number of thioether (sulfide) groups is 1. The fraction of sp³-hybridized carbons (Fsp3) is 0.500. The van der Waals surface area contributed by atoms with Gasteiger partial charge in [-0.1, -0.05) is 30.3 Å². The molecule has 0 bridgehead atoms. The molecule has 4 nitrogen and oxygen atoms in total. The van der Waals surface area contributed by atoms with E-state index < -0.39 is 0 Å². The van der Waals surface area contributed by atoms with Crippen molar-refractivity contribution < 1.29 is 4.79 Å². The average Bonchev–Trinajstić information content (AvgIpc) is 3.09. The van der Waals surface area contributed by atoms with Crippen molar-refractivity contribution in [2.75, 3.05) is 44.7 Å². The Morgan fingerprint density at radius 2 is 2.12 bits per heavy atom. The number of carbonyl (C=O) groups is 1. The minimum absolute atomic E-state index is 0.263. The number of hydrogen-bond donors (Lipinski definition) is 1. The Kier molecular flexibility index (Phi) is 6.32. The molecule has 25 heavy (non-hydrogen) atoms. The molecule has 0 aromatic heterocycles. The molecule has 3 rings (SSSR count). The fourth-order valence-electron chi connectivity index (χ4n) is 3.67. The summed E-state index contributed by atoms with van der Waals surface area (Å²) in [5, 5.41) is 7.27. The minimum atomic E-state index is 0.263. The predicted octanol–water partition coefficient (Wildman–Crippen LogP) is 2.98. The van der Waals surface area contributed by atoms with Gasteiger partial charge in [0, 0.05) is 25.8 Å². The van der Waals surface area contributed by atoms with Crippen LogP contribution in [-0.2, 0) is 4.79 Å². The average molecular weight is 358 g/mol. The van der Waals surface area contributed by atoms with Crippen LogP contribution in [0.5, 0.6) is 0 Å². The Morgan fingerprint density at radius 3 is 2.76 bits per heavy atom. The number of carbonyl (C=O) groups excluding carboxylic acids is 1. The summed E-state index contributed by atoms with van der Waals surface area (Å²) < 4.78 is 0. The number of likely N-dealkylation sites (tertiary alicyclic amines) is 1. The SMILES string of the molecule is CSC[C@H]1CCN(CC(=O)N2CC=C(c3ccc(C=N)cc3)CC2)C1. The van der Waals surface area contributed by atoms with Gasteiger partial charge in [-0.25, -0.2) is 0 Å². The lowest BCUT2D eigenvalue weighted by atomic mass is 9.98. The van der Waals surface area contributed by atoms with E-state index in [-0.39, 0.29) is 5.91 Å². The van der Waals surface area contributed by atoms with Gasteiger partial charge in [0.15, 0.2) is 0 Å². The van der Waals surface area contributed by atoms with Crippen LogP contribution in [0.15, 0.2) is 30.3 Å². The van der Waals surface area contributed by atoms with Crippen molar-refractivity contribution in [2.24, 2.45) is 5.92 Å². The highest BCUT2D eigenvalue weighted by Crippen LogP contribution is 2.23. The van der Waals surface area contributed by atoms with E-state index in [2.05, 4.69) is 29.4 Å². The second-order valence-electron chi connectivity index (χ2n) is 6.93. The number of nitrogens with zero attached hydrogens (tertiary/aromatic N) is 2. The zero-order valence-electron chi connectivity index (χ0n) is 14.9. The Balaban J connectivity index is 1.51. The topological polar surface area (TPSA) is 47.4 Å². The van der Waals surface area contributed by atoms with Gasteiger partial charge >= 0.3 is 0 Å². The van der Waals surface area contributed by atoms with Gasteiger partial charge in [0.2, 0.25) is 5.91 Å². The number of amides is 1. The van der Waals surface area contributed by atoms with Crippen molar-refractivity contribution in [3.63, 3.8) is 0 Å². The summed E-state index contributed by atoms with van der Waals surface area (Å²) >= 11 is 1.91. The van der Waals surface area contributed by atoms with Gasteiger partial charge in [0.25, 0.3) is 0 Å². The standard InChI is InChI=1S/C20H27N3OS/c1-25-15-17-6-9-22(13-17)14-20(24)23-10-7-19(8-11-23)18-4-2-16(12-21)3-5-18/h2-5,7,12,17,21H,6,8-11,13-15H2,1H3/t17-/m0/s1. The maximum absolute atomic E-state index is 12.6. The second-order valence-corrected chi connectivity index (χ2v) is 7.84. The molecule has 1 aromatic rings. The van der Waals surface area contributed by atoms with E-state index in [1.807, 2.05) is 28.8 Å². The third-order valence-electron chi connectivity index (χ3n) is 5.14. The molecule has 0 unspecified atom stereocenters. The molecule has 1 amide bonds. The molecule has 1 atom stereocenters. The largest absolute Gasteiger partial charge is 0.338 e. The third kappa shape index (κ3) is 4.73. The zero-order valence-corrected chi connectivity index (χ0v) is 15.7. The normalized spacial score (nSPS) is 21.2. The van der Waals surface area contributed by atoms with Crippen molar-refractivity contribution in [3.05, 3.63) is 41.5 Å². The number of rotatable bonds is 6. The molecular weight excluding hydrogens is 330 g/mol.